The highest BCUT2D eigenvalue weighted by molar-refractivity contribution is 6.32. The molecule has 0 heterocycles. The van der Waals surface area contributed by atoms with Crippen molar-refractivity contribution in [2.75, 3.05) is 0 Å². The van der Waals surface area contributed by atoms with E-state index < -0.39 is 0 Å². The fourth-order valence-electron chi connectivity index (χ4n) is 1.44. The maximum Gasteiger partial charge on any atom is 0.150 e. The molecule has 0 unspecified atom stereocenters. The van der Waals surface area contributed by atoms with Crippen LogP contribution in [0.3, 0.4) is 0 Å². The maximum absolute atomic E-state index is 10.5. The number of benzene rings is 2. The molecule has 0 radical (unpaired) electrons. The van der Waals surface area contributed by atoms with Crippen LogP contribution in [-0.4, -0.2) is 11.4 Å². The highest BCUT2D eigenvalue weighted by Crippen LogP contribution is 2.29. The van der Waals surface area contributed by atoms with Crippen molar-refractivity contribution in [2.24, 2.45) is 0 Å². The van der Waals surface area contributed by atoms with Gasteiger partial charge >= 0.3 is 0 Å². The highest BCUT2D eigenvalue weighted by Gasteiger charge is 2.02. The molecule has 0 saturated heterocycles. The summed E-state index contributed by atoms with van der Waals surface area (Å²) in [5.41, 5.74) is 2.49. The molecular formula is C13H9ClO2. The van der Waals surface area contributed by atoms with Crippen LogP contribution < -0.4 is 0 Å². The van der Waals surface area contributed by atoms with Crippen molar-refractivity contribution >= 4 is 17.9 Å². The lowest BCUT2D eigenvalue weighted by molar-refractivity contribution is 0.112. The van der Waals surface area contributed by atoms with Gasteiger partial charge in [-0.1, -0.05) is 41.9 Å². The fraction of sp³-hybridized carbons (Fsp3) is 0. The summed E-state index contributed by atoms with van der Waals surface area (Å²) in [7, 11) is 0. The number of halogens is 1. The van der Waals surface area contributed by atoms with Gasteiger partial charge in [-0.15, -0.1) is 0 Å². The van der Waals surface area contributed by atoms with Crippen LogP contribution in [-0.2, 0) is 0 Å². The van der Waals surface area contributed by atoms with Gasteiger partial charge in [-0.25, -0.2) is 0 Å². The Labute approximate surface area is 98.1 Å². The Morgan fingerprint density at radius 1 is 1.00 bits per heavy atom. The van der Waals surface area contributed by atoms with Crippen molar-refractivity contribution < 1.29 is 9.90 Å². The lowest BCUT2D eigenvalue weighted by Gasteiger charge is -2.03. The first-order valence-corrected chi connectivity index (χ1v) is 5.12. The van der Waals surface area contributed by atoms with Crippen molar-refractivity contribution in [2.45, 2.75) is 0 Å². The topological polar surface area (TPSA) is 37.3 Å². The van der Waals surface area contributed by atoms with Gasteiger partial charge in [0.25, 0.3) is 0 Å². The Kier molecular flexibility index (Phi) is 2.93. The van der Waals surface area contributed by atoms with Gasteiger partial charge in [0.05, 0.1) is 5.02 Å². The number of aromatic hydroxyl groups is 1. The molecule has 0 aliphatic carbocycles. The molecule has 80 valence electrons. The molecule has 0 aliphatic heterocycles. The molecule has 0 bridgehead atoms. The second kappa shape index (κ2) is 4.37. The molecule has 0 aromatic heterocycles. The molecular weight excluding hydrogens is 224 g/mol. The van der Waals surface area contributed by atoms with E-state index >= 15 is 0 Å². The van der Waals surface area contributed by atoms with Gasteiger partial charge < -0.3 is 5.11 Å². The molecule has 0 saturated carbocycles. The molecule has 0 amide bonds. The first kappa shape index (κ1) is 10.7. The van der Waals surface area contributed by atoms with E-state index in [4.69, 9.17) is 11.6 Å². The number of rotatable bonds is 2. The standard InChI is InChI=1S/C13H9ClO2/c14-12-7-11(5-6-13(12)16)10-3-1-9(8-15)2-4-10/h1-8,16H. The predicted octanol–water partition coefficient (Wildman–Crippen LogP) is 3.53. The monoisotopic (exact) mass is 232 g/mol. The minimum absolute atomic E-state index is 0.0647. The second-order valence-corrected chi connectivity index (χ2v) is 3.81. The third kappa shape index (κ3) is 2.07. The van der Waals surface area contributed by atoms with E-state index in [-0.39, 0.29) is 5.75 Å². The van der Waals surface area contributed by atoms with E-state index in [9.17, 15) is 9.90 Å². The first-order valence-electron chi connectivity index (χ1n) is 4.75. The normalized spacial score (nSPS) is 10.1. The van der Waals surface area contributed by atoms with Gasteiger partial charge in [0.15, 0.2) is 0 Å². The molecule has 2 aromatic rings. The molecule has 2 aromatic carbocycles. The molecule has 0 fully saturated rings. The van der Waals surface area contributed by atoms with E-state index in [2.05, 4.69) is 0 Å². The molecule has 2 nitrogen and oxygen atoms in total. The van der Waals surface area contributed by atoms with Crippen molar-refractivity contribution in [1.29, 1.82) is 0 Å². The SMILES string of the molecule is O=Cc1ccc(-c2ccc(O)c(Cl)c2)cc1. The van der Waals surface area contributed by atoms with Gasteiger partial charge in [-0.05, 0) is 23.3 Å². The Hall–Kier alpha value is -1.80. The summed E-state index contributed by atoms with van der Waals surface area (Å²) >= 11 is 5.82. The van der Waals surface area contributed by atoms with E-state index in [1.807, 2.05) is 12.1 Å². The summed E-state index contributed by atoms with van der Waals surface area (Å²) in [5.74, 6) is 0.0647. The quantitative estimate of drug-likeness (QED) is 0.805. The Morgan fingerprint density at radius 2 is 1.62 bits per heavy atom. The molecule has 0 aliphatic rings. The number of hydrogen-bond donors (Lipinski definition) is 1. The van der Waals surface area contributed by atoms with Crippen molar-refractivity contribution in [1.82, 2.24) is 0 Å². The smallest absolute Gasteiger partial charge is 0.150 e. The summed E-state index contributed by atoms with van der Waals surface area (Å²) in [4.78, 5) is 10.5. The Morgan fingerprint density at radius 3 is 2.19 bits per heavy atom. The fourth-order valence-corrected chi connectivity index (χ4v) is 1.62. The van der Waals surface area contributed by atoms with E-state index in [1.54, 1.807) is 30.3 Å². The first-order chi connectivity index (χ1) is 7.70. The van der Waals surface area contributed by atoms with E-state index in [1.165, 1.54) is 0 Å². The van der Waals surface area contributed by atoms with Gasteiger partial charge in [-0.2, -0.15) is 0 Å². The van der Waals surface area contributed by atoms with Crippen LogP contribution in [0.5, 0.6) is 5.75 Å². The Balaban J connectivity index is 2.42. The zero-order chi connectivity index (χ0) is 11.5. The zero-order valence-corrected chi connectivity index (χ0v) is 9.11. The van der Waals surface area contributed by atoms with Crippen molar-refractivity contribution in [3.05, 3.63) is 53.1 Å². The average Bonchev–Trinajstić information content (AvgIpc) is 2.33. The minimum atomic E-state index is 0.0647. The second-order valence-electron chi connectivity index (χ2n) is 3.41. The number of carbonyl (C=O) groups is 1. The highest BCUT2D eigenvalue weighted by atomic mass is 35.5. The van der Waals surface area contributed by atoms with Gasteiger partial charge in [-0.3, -0.25) is 4.79 Å². The number of carbonyl (C=O) groups excluding carboxylic acids is 1. The summed E-state index contributed by atoms with van der Waals surface area (Å²) in [6, 6.07) is 12.2. The summed E-state index contributed by atoms with van der Waals surface area (Å²) in [6.45, 7) is 0. The lowest BCUT2D eigenvalue weighted by Crippen LogP contribution is -1.81. The van der Waals surface area contributed by atoms with Crippen LogP contribution in [0.15, 0.2) is 42.5 Å². The predicted molar refractivity (Wildman–Crippen MR) is 63.9 cm³/mol. The molecule has 16 heavy (non-hydrogen) atoms. The van der Waals surface area contributed by atoms with Gasteiger partial charge in [0, 0.05) is 5.56 Å². The lowest BCUT2D eigenvalue weighted by atomic mass is 10.0. The minimum Gasteiger partial charge on any atom is -0.506 e. The van der Waals surface area contributed by atoms with Crippen LogP contribution in [0.25, 0.3) is 11.1 Å². The summed E-state index contributed by atoms with van der Waals surface area (Å²) in [6.07, 6.45) is 0.799. The van der Waals surface area contributed by atoms with E-state index in [0.717, 1.165) is 17.4 Å². The zero-order valence-electron chi connectivity index (χ0n) is 8.35. The third-order valence-corrected chi connectivity index (χ3v) is 2.63. The van der Waals surface area contributed by atoms with Crippen molar-refractivity contribution in [3.8, 4) is 16.9 Å². The number of aldehydes is 1. The van der Waals surface area contributed by atoms with Gasteiger partial charge in [0.2, 0.25) is 0 Å². The molecule has 1 N–H and O–H groups in total. The van der Waals surface area contributed by atoms with E-state index in [0.29, 0.717) is 10.6 Å². The van der Waals surface area contributed by atoms with Crippen LogP contribution >= 0.6 is 11.6 Å². The number of phenols is 1. The summed E-state index contributed by atoms with van der Waals surface area (Å²) < 4.78 is 0. The average molecular weight is 233 g/mol. The van der Waals surface area contributed by atoms with Crippen LogP contribution in [0.2, 0.25) is 5.02 Å². The number of hydrogen-bond acceptors (Lipinski definition) is 2. The molecule has 0 atom stereocenters. The molecule has 2 rings (SSSR count). The van der Waals surface area contributed by atoms with Gasteiger partial charge in [0.1, 0.15) is 12.0 Å². The molecule has 3 heteroatoms. The third-order valence-electron chi connectivity index (χ3n) is 2.33. The largest absolute Gasteiger partial charge is 0.506 e. The summed E-state index contributed by atoms with van der Waals surface area (Å²) in [5, 5.41) is 9.61. The number of phenolic OH excluding ortho intramolecular Hbond substituents is 1. The van der Waals surface area contributed by atoms with Crippen LogP contribution in [0.4, 0.5) is 0 Å². The molecule has 0 spiro atoms. The Bertz CT molecular complexity index is 518. The maximum atomic E-state index is 10.5. The van der Waals surface area contributed by atoms with Crippen molar-refractivity contribution in [3.63, 3.8) is 0 Å². The van der Waals surface area contributed by atoms with Crippen LogP contribution in [0.1, 0.15) is 10.4 Å². The van der Waals surface area contributed by atoms with Crippen LogP contribution in [0, 0.1) is 0 Å².